The van der Waals surface area contributed by atoms with Crippen LogP contribution in [0.2, 0.25) is 0 Å². The highest BCUT2D eigenvalue weighted by atomic mass is 16.5. The van der Waals surface area contributed by atoms with Gasteiger partial charge in [-0.15, -0.1) is 0 Å². The van der Waals surface area contributed by atoms with Crippen LogP contribution in [0.1, 0.15) is 50.3 Å². The number of carbonyl (C=O) groups excluding carboxylic acids is 1. The zero-order valence-corrected chi connectivity index (χ0v) is 13.3. The SMILES string of the molecule is CCOC(=O)CCN(C)C(C#N)c1ccc(C(C)C)cc1. The minimum absolute atomic E-state index is 0.226. The molecule has 1 rings (SSSR count). The summed E-state index contributed by atoms with van der Waals surface area (Å²) in [6, 6.07) is 10.0. The first-order chi connectivity index (χ1) is 9.99. The Morgan fingerprint density at radius 2 is 1.86 bits per heavy atom. The van der Waals surface area contributed by atoms with E-state index in [9.17, 15) is 10.1 Å². The van der Waals surface area contributed by atoms with Gasteiger partial charge in [0.15, 0.2) is 0 Å². The van der Waals surface area contributed by atoms with Gasteiger partial charge in [-0.25, -0.2) is 0 Å². The highest BCUT2D eigenvalue weighted by molar-refractivity contribution is 5.69. The highest BCUT2D eigenvalue weighted by Crippen LogP contribution is 2.22. The molecule has 4 nitrogen and oxygen atoms in total. The fourth-order valence-electron chi connectivity index (χ4n) is 2.12. The fraction of sp³-hybridized carbons (Fsp3) is 0.529. The number of carbonyl (C=O) groups is 1. The van der Waals surface area contributed by atoms with E-state index in [1.807, 2.05) is 24.1 Å². The van der Waals surface area contributed by atoms with Crippen LogP contribution >= 0.6 is 0 Å². The van der Waals surface area contributed by atoms with Crippen molar-refractivity contribution in [3.05, 3.63) is 35.4 Å². The van der Waals surface area contributed by atoms with E-state index in [1.165, 1.54) is 5.56 Å². The van der Waals surface area contributed by atoms with Crippen LogP contribution in [0.25, 0.3) is 0 Å². The second-order valence-electron chi connectivity index (χ2n) is 5.39. The van der Waals surface area contributed by atoms with E-state index >= 15 is 0 Å². The van der Waals surface area contributed by atoms with Crippen LogP contribution in [0.4, 0.5) is 0 Å². The molecular weight excluding hydrogens is 264 g/mol. The summed E-state index contributed by atoms with van der Waals surface area (Å²) in [5, 5.41) is 9.39. The van der Waals surface area contributed by atoms with Gasteiger partial charge in [0.2, 0.25) is 0 Å². The van der Waals surface area contributed by atoms with Crippen molar-refractivity contribution in [3.8, 4) is 6.07 Å². The summed E-state index contributed by atoms with van der Waals surface area (Å²) in [7, 11) is 1.85. The highest BCUT2D eigenvalue weighted by Gasteiger charge is 2.17. The molecule has 21 heavy (non-hydrogen) atoms. The van der Waals surface area contributed by atoms with Crippen LogP contribution in [0.5, 0.6) is 0 Å². The Morgan fingerprint density at radius 3 is 2.33 bits per heavy atom. The zero-order chi connectivity index (χ0) is 15.8. The second-order valence-corrected chi connectivity index (χ2v) is 5.39. The monoisotopic (exact) mass is 288 g/mol. The van der Waals surface area contributed by atoms with Gasteiger partial charge >= 0.3 is 5.97 Å². The van der Waals surface area contributed by atoms with E-state index in [-0.39, 0.29) is 12.0 Å². The number of nitriles is 1. The minimum atomic E-state index is -0.347. The van der Waals surface area contributed by atoms with Gasteiger partial charge in [-0.05, 0) is 31.0 Å². The molecule has 4 heteroatoms. The van der Waals surface area contributed by atoms with Gasteiger partial charge in [-0.1, -0.05) is 38.1 Å². The second kappa shape index (κ2) is 8.43. The summed E-state index contributed by atoms with van der Waals surface area (Å²) in [6.07, 6.45) is 0.298. The molecule has 0 bridgehead atoms. The standard InChI is InChI=1S/C17H24N2O2/c1-5-21-17(20)10-11-19(4)16(12-18)15-8-6-14(7-9-15)13(2)3/h6-9,13,16H,5,10-11H2,1-4H3. The molecule has 0 saturated heterocycles. The van der Waals surface area contributed by atoms with E-state index < -0.39 is 0 Å². The van der Waals surface area contributed by atoms with Crippen molar-refractivity contribution in [1.82, 2.24) is 4.90 Å². The van der Waals surface area contributed by atoms with Gasteiger partial charge < -0.3 is 4.74 Å². The molecule has 0 aliphatic rings. The van der Waals surface area contributed by atoms with Crippen LogP contribution in [0, 0.1) is 11.3 Å². The first-order valence-electron chi connectivity index (χ1n) is 7.34. The van der Waals surface area contributed by atoms with Gasteiger partial charge in [-0.2, -0.15) is 5.26 Å². The first-order valence-corrected chi connectivity index (χ1v) is 7.34. The summed E-state index contributed by atoms with van der Waals surface area (Å²) in [5.74, 6) is 0.248. The van der Waals surface area contributed by atoms with Gasteiger partial charge in [-0.3, -0.25) is 9.69 Å². The number of ether oxygens (including phenoxy) is 1. The predicted molar refractivity (Wildman–Crippen MR) is 82.8 cm³/mol. The third-order valence-electron chi connectivity index (χ3n) is 3.46. The number of hydrogen-bond donors (Lipinski definition) is 0. The molecule has 0 radical (unpaired) electrons. The molecule has 0 spiro atoms. The number of hydrogen-bond acceptors (Lipinski definition) is 4. The molecule has 1 atom stereocenters. The van der Waals surface area contributed by atoms with Crippen LogP contribution < -0.4 is 0 Å². The summed E-state index contributed by atoms with van der Waals surface area (Å²) in [5.41, 5.74) is 2.21. The zero-order valence-electron chi connectivity index (χ0n) is 13.3. The summed E-state index contributed by atoms with van der Waals surface area (Å²) >= 11 is 0. The van der Waals surface area contributed by atoms with Gasteiger partial charge in [0.05, 0.1) is 19.1 Å². The largest absolute Gasteiger partial charge is 0.466 e. The van der Waals surface area contributed by atoms with Crippen LogP contribution in [0.3, 0.4) is 0 Å². The van der Waals surface area contributed by atoms with Gasteiger partial charge in [0.25, 0.3) is 0 Å². The summed E-state index contributed by atoms with van der Waals surface area (Å²) < 4.78 is 4.90. The van der Waals surface area contributed by atoms with E-state index in [2.05, 4.69) is 32.0 Å². The number of benzene rings is 1. The quantitative estimate of drug-likeness (QED) is 0.723. The maximum atomic E-state index is 11.4. The molecule has 0 heterocycles. The maximum Gasteiger partial charge on any atom is 0.307 e. The first kappa shape index (κ1) is 17.2. The molecule has 0 amide bonds. The Kier molecular flexibility index (Phi) is 6.90. The van der Waals surface area contributed by atoms with Crippen molar-refractivity contribution >= 4 is 5.97 Å². The molecule has 0 aromatic heterocycles. The third kappa shape index (κ3) is 5.20. The lowest BCUT2D eigenvalue weighted by atomic mass is 9.99. The molecule has 114 valence electrons. The molecule has 1 unspecified atom stereocenters. The van der Waals surface area contributed by atoms with Gasteiger partial charge in [0, 0.05) is 6.54 Å². The van der Waals surface area contributed by atoms with Crippen molar-refractivity contribution in [2.75, 3.05) is 20.2 Å². The normalized spacial score (nSPS) is 12.2. The smallest absolute Gasteiger partial charge is 0.307 e. The molecule has 0 fully saturated rings. The fourth-order valence-corrected chi connectivity index (χ4v) is 2.12. The predicted octanol–water partition coefficient (Wildman–Crippen LogP) is 3.26. The molecule has 0 saturated carbocycles. The topological polar surface area (TPSA) is 53.3 Å². The Bertz CT molecular complexity index is 489. The van der Waals surface area contributed by atoms with Crippen molar-refractivity contribution < 1.29 is 9.53 Å². The maximum absolute atomic E-state index is 11.4. The Hall–Kier alpha value is -1.86. The molecule has 1 aromatic carbocycles. The third-order valence-corrected chi connectivity index (χ3v) is 3.46. The molecular formula is C17H24N2O2. The lowest BCUT2D eigenvalue weighted by Gasteiger charge is -2.22. The lowest BCUT2D eigenvalue weighted by Crippen LogP contribution is -2.26. The Labute approximate surface area is 127 Å². The van der Waals surface area contributed by atoms with E-state index in [1.54, 1.807) is 6.92 Å². The van der Waals surface area contributed by atoms with Crippen LogP contribution in [0.15, 0.2) is 24.3 Å². The van der Waals surface area contributed by atoms with Crippen LogP contribution in [-0.2, 0) is 9.53 Å². The molecule has 0 aliphatic carbocycles. The number of nitrogens with zero attached hydrogens (tertiary/aromatic N) is 2. The molecule has 0 N–H and O–H groups in total. The molecule has 1 aromatic rings. The average molecular weight is 288 g/mol. The van der Waals surface area contributed by atoms with Crippen LogP contribution in [-0.4, -0.2) is 31.1 Å². The Morgan fingerprint density at radius 1 is 1.29 bits per heavy atom. The van der Waals surface area contributed by atoms with Crippen molar-refractivity contribution in [3.63, 3.8) is 0 Å². The number of esters is 1. The van der Waals surface area contributed by atoms with E-state index in [0.717, 1.165) is 5.56 Å². The number of rotatable bonds is 7. The van der Waals surface area contributed by atoms with Crippen molar-refractivity contribution in [1.29, 1.82) is 5.26 Å². The summed E-state index contributed by atoms with van der Waals surface area (Å²) in [4.78, 5) is 13.3. The minimum Gasteiger partial charge on any atom is -0.466 e. The van der Waals surface area contributed by atoms with Crippen molar-refractivity contribution in [2.45, 2.75) is 39.2 Å². The van der Waals surface area contributed by atoms with E-state index in [0.29, 0.717) is 25.5 Å². The summed E-state index contributed by atoms with van der Waals surface area (Å²) in [6.45, 7) is 6.96. The molecule has 0 aliphatic heterocycles. The average Bonchev–Trinajstić information content (AvgIpc) is 2.47. The lowest BCUT2D eigenvalue weighted by molar-refractivity contribution is -0.143. The Balaban J connectivity index is 2.69. The van der Waals surface area contributed by atoms with Crippen molar-refractivity contribution in [2.24, 2.45) is 0 Å². The van der Waals surface area contributed by atoms with Gasteiger partial charge in [0.1, 0.15) is 6.04 Å². The van der Waals surface area contributed by atoms with E-state index in [4.69, 9.17) is 4.74 Å².